The van der Waals surface area contributed by atoms with E-state index < -0.39 is 0 Å². The van der Waals surface area contributed by atoms with Crippen molar-refractivity contribution < 1.29 is 0 Å². The first-order chi connectivity index (χ1) is 9.90. The second-order valence-corrected chi connectivity index (χ2v) is 5.71. The lowest BCUT2D eigenvalue weighted by Crippen LogP contribution is -1.87. The van der Waals surface area contributed by atoms with Crippen LogP contribution >= 0.6 is 0 Å². The fourth-order valence-electron chi connectivity index (χ4n) is 2.70. The molecule has 20 heavy (non-hydrogen) atoms. The molecule has 0 N–H and O–H groups in total. The summed E-state index contributed by atoms with van der Waals surface area (Å²) < 4.78 is 0. The van der Waals surface area contributed by atoms with Crippen LogP contribution in [0.15, 0.2) is 42.5 Å². The lowest BCUT2D eigenvalue weighted by molar-refractivity contribution is 0.622. The van der Waals surface area contributed by atoms with Crippen molar-refractivity contribution in [2.45, 2.75) is 58.3 Å². The number of fused-ring (bicyclic) bond motifs is 1. The van der Waals surface area contributed by atoms with E-state index >= 15 is 0 Å². The Bertz CT molecular complexity index is 498. The van der Waals surface area contributed by atoms with Gasteiger partial charge in [0.2, 0.25) is 0 Å². The molecule has 0 fully saturated rings. The van der Waals surface area contributed by atoms with Crippen molar-refractivity contribution in [3.8, 4) is 0 Å². The molecule has 0 saturated heterocycles. The third-order valence-corrected chi connectivity index (χ3v) is 3.96. The monoisotopic (exact) mass is 267 g/mol. The van der Waals surface area contributed by atoms with Crippen LogP contribution in [-0.2, 0) is 6.42 Å². The first kappa shape index (κ1) is 15.1. The molecule has 107 valence electrons. The van der Waals surface area contributed by atoms with Crippen molar-refractivity contribution in [2.75, 3.05) is 0 Å². The molecule has 0 heterocycles. The summed E-state index contributed by atoms with van der Waals surface area (Å²) in [7, 11) is 0. The first-order valence-corrected chi connectivity index (χ1v) is 8.19. The average molecular weight is 267 g/mol. The van der Waals surface area contributed by atoms with E-state index in [1.165, 1.54) is 67.7 Å². The molecule has 0 saturated carbocycles. The van der Waals surface area contributed by atoms with E-state index in [0.717, 1.165) is 0 Å². The highest BCUT2D eigenvalue weighted by Crippen LogP contribution is 2.17. The molecular formula is C20H27. The largest absolute Gasteiger partial charge is 0.0654 e. The molecule has 0 unspecified atom stereocenters. The van der Waals surface area contributed by atoms with Gasteiger partial charge >= 0.3 is 0 Å². The standard InChI is InChI=1S/C20H27/c1-2-3-4-5-6-7-8-9-12-18-15-16-19-13-10-11-14-20(19)17-18/h8,10-11,13-17H,2-7,9,12H2,1H3. The van der Waals surface area contributed by atoms with Gasteiger partial charge in [-0.15, -0.1) is 0 Å². The summed E-state index contributed by atoms with van der Waals surface area (Å²) in [5.74, 6) is 0. The maximum atomic E-state index is 2.47. The minimum atomic E-state index is 1.18. The van der Waals surface area contributed by atoms with Crippen LogP contribution in [0.4, 0.5) is 0 Å². The number of aryl methyl sites for hydroxylation is 1. The van der Waals surface area contributed by atoms with Gasteiger partial charge in [-0.2, -0.15) is 0 Å². The zero-order valence-electron chi connectivity index (χ0n) is 12.8. The Balaban J connectivity index is 1.65. The van der Waals surface area contributed by atoms with E-state index in [1.54, 1.807) is 0 Å². The van der Waals surface area contributed by atoms with Crippen molar-refractivity contribution in [2.24, 2.45) is 0 Å². The minimum Gasteiger partial charge on any atom is -0.0654 e. The van der Waals surface area contributed by atoms with Crippen LogP contribution in [0, 0.1) is 6.42 Å². The summed E-state index contributed by atoms with van der Waals surface area (Å²) >= 11 is 0. The summed E-state index contributed by atoms with van der Waals surface area (Å²) in [6.07, 6.45) is 13.1. The number of unbranched alkanes of at least 4 members (excludes halogenated alkanes) is 7. The first-order valence-electron chi connectivity index (χ1n) is 8.19. The van der Waals surface area contributed by atoms with E-state index in [4.69, 9.17) is 0 Å². The summed E-state index contributed by atoms with van der Waals surface area (Å²) in [6, 6.07) is 15.5. The van der Waals surface area contributed by atoms with Gasteiger partial charge in [0.15, 0.2) is 0 Å². The maximum Gasteiger partial charge on any atom is -0.0181 e. The number of rotatable bonds is 9. The fraction of sp³-hybridized carbons (Fsp3) is 0.450. The van der Waals surface area contributed by atoms with Gasteiger partial charge in [0.05, 0.1) is 0 Å². The van der Waals surface area contributed by atoms with E-state index in [2.05, 4.69) is 55.8 Å². The zero-order valence-corrected chi connectivity index (χ0v) is 12.8. The Hall–Kier alpha value is -1.30. The Morgan fingerprint density at radius 3 is 2.45 bits per heavy atom. The smallest absolute Gasteiger partial charge is 0.0181 e. The molecule has 0 aliphatic rings. The molecular weight excluding hydrogens is 240 g/mol. The van der Waals surface area contributed by atoms with Gasteiger partial charge in [-0.05, 0) is 35.6 Å². The molecule has 0 atom stereocenters. The lowest BCUT2D eigenvalue weighted by Gasteiger charge is -2.04. The molecule has 2 aromatic rings. The predicted molar refractivity (Wildman–Crippen MR) is 89.9 cm³/mol. The summed E-state index contributed by atoms with van der Waals surface area (Å²) in [6.45, 7) is 2.27. The number of benzene rings is 2. The van der Waals surface area contributed by atoms with Crippen LogP contribution in [0.5, 0.6) is 0 Å². The van der Waals surface area contributed by atoms with Crippen molar-refractivity contribution in [3.05, 3.63) is 54.4 Å². The van der Waals surface area contributed by atoms with Crippen LogP contribution in [-0.4, -0.2) is 0 Å². The highest BCUT2D eigenvalue weighted by Gasteiger charge is 1.97. The molecule has 0 amide bonds. The predicted octanol–water partition coefficient (Wildman–Crippen LogP) is 6.34. The van der Waals surface area contributed by atoms with Crippen LogP contribution in [0.2, 0.25) is 0 Å². The Labute approximate surface area is 124 Å². The SMILES string of the molecule is CCCCCCC[CH]CCc1ccc2ccccc2c1. The van der Waals surface area contributed by atoms with Crippen molar-refractivity contribution >= 4 is 10.8 Å². The zero-order chi connectivity index (χ0) is 14.0. The minimum absolute atomic E-state index is 1.18. The van der Waals surface area contributed by atoms with Crippen LogP contribution in [0.3, 0.4) is 0 Å². The second kappa shape index (κ2) is 8.79. The molecule has 0 spiro atoms. The third kappa shape index (κ3) is 5.00. The van der Waals surface area contributed by atoms with Crippen molar-refractivity contribution in [1.29, 1.82) is 0 Å². The van der Waals surface area contributed by atoms with Gasteiger partial charge in [0.1, 0.15) is 0 Å². The number of hydrogen-bond donors (Lipinski definition) is 0. The van der Waals surface area contributed by atoms with Gasteiger partial charge in [-0.1, -0.05) is 87.9 Å². The molecule has 0 bridgehead atoms. The Morgan fingerprint density at radius 1 is 0.800 bits per heavy atom. The van der Waals surface area contributed by atoms with Crippen LogP contribution in [0.25, 0.3) is 10.8 Å². The molecule has 0 nitrogen and oxygen atoms in total. The maximum absolute atomic E-state index is 2.47. The van der Waals surface area contributed by atoms with Gasteiger partial charge in [-0.3, -0.25) is 0 Å². The molecule has 0 heteroatoms. The van der Waals surface area contributed by atoms with Crippen LogP contribution in [0.1, 0.15) is 57.4 Å². The lowest BCUT2D eigenvalue weighted by atomic mass is 10.0. The normalized spacial score (nSPS) is 11.1. The Morgan fingerprint density at radius 2 is 1.60 bits per heavy atom. The molecule has 2 rings (SSSR count). The molecule has 0 aromatic heterocycles. The van der Waals surface area contributed by atoms with E-state index in [9.17, 15) is 0 Å². The summed E-state index contributed by atoms with van der Waals surface area (Å²) in [5.41, 5.74) is 1.46. The van der Waals surface area contributed by atoms with Crippen molar-refractivity contribution in [3.63, 3.8) is 0 Å². The fourth-order valence-corrected chi connectivity index (χ4v) is 2.70. The Kier molecular flexibility index (Phi) is 6.63. The van der Waals surface area contributed by atoms with Crippen LogP contribution < -0.4 is 0 Å². The molecule has 2 aromatic carbocycles. The second-order valence-electron chi connectivity index (χ2n) is 5.71. The van der Waals surface area contributed by atoms with Gasteiger partial charge in [0, 0.05) is 0 Å². The van der Waals surface area contributed by atoms with E-state index in [0.29, 0.717) is 0 Å². The average Bonchev–Trinajstić information content (AvgIpc) is 2.50. The number of hydrogen-bond acceptors (Lipinski definition) is 0. The summed E-state index contributed by atoms with van der Waals surface area (Å²) in [4.78, 5) is 0. The van der Waals surface area contributed by atoms with E-state index in [1.807, 2.05) is 0 Å². The molecule has 0 aliphatic carbocycles. The third-order valence-electron chi connectivity index (χ3n) is 3.96. The topological polar surface area (TPSA) is 0 Å². The van der Waals surface area contributed by atoms with Crippen molar-refractivity contribution in [1.82, 2.24) is 0 Å². The van der Waals surface area contributed by atoms with Gasteiger partial charge in [-0.25, -0.2) is 0 Å². The summed E-state index contributed by atoms with van der Waals surface area (Å²) in [5, 5.41) is 2.71. The quantitative estimate of drug-likeness (QED) is 0.465. The highest BCUT2D eigenvalue weighted by atomic mass is 14.0. The highest BCUT2D eigenvalue weighted by molar-refractivity contribution is 5.82. The molecule has 0 aliphatic heterocycles. The van der Waals surface area contributed by atoms with Gasteiger partial charge in [0.25, 0.3) is 0 Å². The molecule has 1 radical (unpaired) electrons. The van der Waals surface area contributed by atoms with E-state index in [-0.39, 0.29) is 0 Å². The van der Waals surface area contributed by atoms with Gasteiger partial charge < -0.3 is 0 Å².